The third-order valence-electron chi connectivity index (χ3n) is 2.26. The van der Waals surface area contributed by atoms with Gasteiger partial charge in [-0.2, -0.15) is 4.21 Å². The van der Waals surface area contributed by atoms with Crippen molar-refractivity contribution in [3.05, 3.63) is 0 Å². The fourth-order valence-electron chi connectivity index (χ4n) is 1.80. The van der Waals surface area contributed by atoms with Crippen molar-refractivity contribution in [3.63, 3.8) is 0 Å². The van der Waals surface area contributed by atoms with Crippen LogP contribution in [0.5, 0.6) is 0 Å². The van der Waals surface area contributed by atoms with Crippen LogP contribution in [0.25, 0.3) is 0 Å². The van der Waals surface area contributed by atoms with Gasteiger partial charge in [-0.1, -0.05) is 0 Å². The van der Waals surface area contributed by atoms with Crippen LogP contribution in [-0.4, -0.2) is 27.1 Å². The van der Waals surface area contributed by atoms with Crippen LogP contribution < -0.4 is 0 Å². The summed E-state index contributed by atoms with van der Waals surface area (Å²) in [5.74, 6) is 0. The molecule has 2 saturated heterocycles. The van der Waals surface area contributed by atoms with Gasteiger partial charge in [-0.05, 0) is 12.8 Å². The summed E-state index contributed by atoms with van der Waals surface area (Å²) in [5.41, 5.74) is 0. The maximum Gasteiger partial charge on any atom is 0.302 e. The summed E-state index contributed by atoms with van der Waals surface area (Å²) in [7, 11) is 0. The number of fused-ring (bicyclic) bond motifs is 2. The van der Waals surface area contributed by atoms with Gasteiger partial charge < -0.3 is 4.74 Å². The Labute approximate surface area is 67.4 Å². The molecule has 0 aliphatic carbocycles. The Balaban J connectivity index is 1.92. The quantitative estimate of drug-likeness (QED) is 0.624. The third kappa shape index (κ3) is 1.46. The molecular weight excluding hydrogens is 168 g/mol. The summed E-state index contributed by atoms with van der Waals surface area (Å²) in [5, 5.41) is 0. The predicted molar refractivity (Wildman–Crippen MR) is 38.2 cm³/mol. The largest absolute Gasteiger partial charge is 0.372 e. The van der Waals surface area contributed by atoms with Crippen LogP contribution in [-0.2, 0) is 20.3 Å². The first-order valence-corrected chi connectivity index (χ1v) is 4.72. The summed E-state index contributed by atoms with van der Waals surface area (Å²) in [6, 6.07) is 0. The van der Waals surface area contributed by atoms with Crippen molar-refractivity contribution in [1.82, 2.24) is 0 Å². The molecule has 2 aliphatic heterocycles. The topological polar surface area (TPSA) is 55.8 Å². The second-order valence-corrected chi connectivity index (χ2v) is 3.59. The normalized spacial score (nSPS) is 44.6. The van der Waals surface area contributed by atoms with Crippen LogP contribution in [0.2, 0.25) is 0 Å². The Bertz CT molecular complexity index is 183. The van der Waals surface area contributed by atoms with Gasteiger partial charge >= 0.3 is 11.4 Å². The molecule has 0 aromatic heterocycles. The van der Waals surface area contributed by atoms with Gasteiger partial charge in [0.25, 0.3) is 0 Å². The lowest BCUT2D eigenvalue weighted by molar-refractivity contribution is 0.0656. The number of hydrogen-bond acceptors (Lipinski definition) is 3. The molecule has 4 unspecified atom stereocenters. The maximum atomic E-state index is 10.3. The van der Waals surface area contributed by atoms with E-state index in [9.17, 15) is 4.21 Å². The zero-order chi connectivity index (χ0) is 7.84. The molecule has 1 N–H and O–H groups in total. The van der Waals surface area contributed by atoms with E-state index in [0.717, 1.165) is 19.3 Å². The Kier molecular flexibility index (Phi) is 1.97. The highest BCUT2D eigenvalue weighted by molar-refractivity contribution is 7.74. The van der Waals surface area contributed by atoms with E-state index in [2.05, 4.69) is 0 Å². The van der Waals surface area contributed by atoms with Gasteiger partial charge in [-0.15, -0.1) is 0 Å². The van der Waals surface area contributed by atoms with Crippen molar-refractivity contribution in [2.75, 3.05) is 0 Å². The zero-order valence-corrected chi connectivity index (χ0v) is 6.75. The molecule has 4 atom stereocenters. The summed E-state index contributed by atoms with van der Waals surface area (Å²) in [4.78, 5) is 0. The van der Waals surface area contributed by atoms with Crippen molar-refractivity contribution < 1.29 is 17.7 Å². The minimum atomic E-state index is -2.14. The molecule has 0 aromatic rings. The lowest BCUT2D eigenvalue weighted by Crippen LogP contribution is -2.26. The minimum Gasteiger partial charge on any atom is -0.372 e. The van der Waals surface area contributed by atoms with Crippen molar-refractivity contribution in [3.8, 4) is 0 Å². The molecule has 4 nitrogen and oxygen atoms in total. The van der Waals surface area contributed by atoms with Crippen molar-refractivity contribution >= 4 is 11.4 Å². The highest BCUT2D eigenvalue weighted by Crippen LogP contribution is 2.36. The molecule has 0 spiro atoms. The van der Waals surface area contributed by atoms with Crippen LogP contribution in [0.3, 0.4) is 0 Å². The Hall–Kier alpha value is 0.0300. The summed E-state index contributed by atoms with van der Waals surface area (Å²) in [6.45, 7) is 0. The summed E-state index contributed by atoms with van der Waals surface area (Å²) >= 11 is -2.14. The standard InChI is InChI=1S/C6H10O4S/c7-11(8)10-6-3-4-1-2-5(6)9-4/h4-6H,1-3H2,(H,7,8). The van der Waals surface area contributed by atoms with E-state index in [1.54, 1.807) is 0 Å². The van der Waals surface area contributed by atoms with Gasteiger partial charge in [0.05, 0.1) is 12.2 Å². The first kappa shape index (κ1) is 7.67. The second-order valence-electron chi connectivity index (χ2n) is 2.96. The second kappa shape index (κ2) is 2.82. The van der Waals surface area contributed by atoms with Gasteiger partial charge in [0, 0.05) is 6.42 Å². The monoisotopic (exact) mass is 178 g/mol. The number of rotatable bonds is 2. The summed E-state index contributed by atoms with van der Waals surface area (Å²) in [6.07, 6.45) is 3.00. The SMILES string of the molecule is O=S(O)OC1CC2CCC1O2. The highest BCUT2D eigenvalue weighted by Gasteiger charge is 2.42. The third-order valence-corrected chi connectivity index (χ3v) is 2.67. The molecule has 2 heterocycles. The molecule has 5 heteroatoms. The molecule has 0 radical (unpaired) electrons. The first-order chi connectivity index (χ1) is 5.25. The van der Waals surface area contributed by atoms with Crippen LogP contribution in [0.4, 0.5) is 0 Å². The number of ether oxygens (including phenoxy) is 1. The molecule has 64 valence electrons. The van der Waals surface area contributed by atoms with E-state index in [1.165, 1.54) is 0 Å². The van der Waals surface area contributed by atoms with Gasteiger partial charge in [0.2, 0.25) is 0 Å². The van der Waals surface area contributed by atoms with Crippen LogP contribution in [0.15, 0.2) is 0 Å². The van der Waals surface area contributed by atoms with E-state index in [1.807, 2.05) is 0 Å². The van der Waals surface area contributed by atoms with E-state index in [-0.39, 0.29) is 18.3 Å². The summed E-state index contributed by atoms with van der Waals surface area (Å²) < 4.78 is 28.9. The van der Waals surface area contributed by atoms with E-state index in [4.69, 9.17) is 13.5 Å². The molecule has 11 heavy (non-hydrogen) atoms. The molecule has 0 saturated carbocycles. The molecule has 0 amide bonds. The average Bonchev–Trinajstić information content (AvgIpc) is 2.45. The molecule has 2 fully saturated rings. The minimum absolute atomic E-state index is 0.0658. The molecule has 2 bridgehead atoms. The van der Waals surface area contributed by atoms with Gasteiger partial charge in [-0.25, -0.2) is 0 Å². The first-order valence-electron chi connectivity index (χ1n) is 3.69. The molecule has 2 rings (SSSR count). The Morgan fingerprint density at radius 2 is 2.36 bits per heavy atom. The van der Waals surface area contributed by atoms with Crippen LogP contribution in [0, 0.1) is 0 Å². The van der Waals surface area contributed by atoms with Crippen LogP contribution in [0.1, 0.15) is 19.3 Å². The van der Waals surface area contributed by atoms with Crippen LogP contribution >= 0.6 is 0 Å². The van der Waals surface area contributed by atoms with E-state index < -0.39 is 11.4 Å². The molecule has 2 aliphatic rings. The van der Waals surface area contributed by atoms with Gasteiger partial charge in [0.1, 0.15) is 6.10 Å². The van der Waals surface area contributed by atoms with Crippen molar-refractivity contribution in [1.29, 1.82) is 0 Å². The van der Waals surface area contributed by atoms with Crippen molar-refractivity contribution in [2.45, 2.75) is 37.6 Å². The molecule has 0 aromatic carbocycles. The fraction of sp³-hybridized carbons (Fsp3) is 1.00. The maximum absolute atomic E-state index is 10.3. The van der Waals surface area contributed by atoms with E-state index >= 15 is 0 Å². The van der Waals surface area contributed by atoms with Gasteiger partial charge in [0.15, 0.2) is 0 Å². The zero-order valence-electron chi connectivity index (χ0n) is 5.93. The smallest absolute Gasteiger partial charge is 0.302 e. The average molecular weight is 178 g/mol. The Morgan fingerprint density at radius 3 is 2.82 bits per heavy atom. The lowest BCUT2D eigenvalue weighted by Gasteiger charge is -2.15. The number of hydrogen-bond donors (Lipinski definition) is 1. The predicted octanol–water partition coefficient (Wildman–Crippen LogP) is 0.460. The highest BCUT2D eigenvalue weighted by atomic mass is 32.2. The van der Waals surface area contributed by atoms with E-state index in [0.29, 0.717) is 0 Å². The fourth-order valence-corrected chi connectivity index (χ4v) is 2.21. The Morgan fingerprint density at radius 1 is 1.55 bits per heavy atom. The van der Waals surface area contributed by atoms with Crippen molar-refractivity contribution in [2.24, 2.45) is 0 Å². The van der Waals surface area contributed by atoms with Gasteiger partial charge in [-0.3, -0.25) is 8.74 Å². The lowest BCUT2D eigenvalue weighted by atomic mass is 9.98. The molecular formula is C6H10O4S.